The molecule has 1 saturated heterocycles. The number of hydrogen-bond donors (Lipinski definition) is 4. The van der Waals surface area contributed by atoms with Gasteiger partial charge in [0.25, 0.3) is 6.47 Å². The van der Waals surface area contributed by atoms with E-state index in [1.165, 1.54) is 0 Å². The van der Waals surface area contributed by atoms with E-state index in [4.69, 9.17) is 9.90 Å². The van der Waals surface area contributed by atoms with Crippen molar-refractivity contribution in [2.45, 2.75) is 39.1 Å². The summed E-state index contributed by atoms with van der Waals surface area (Å²) in [5.41, 5.74) is 2.29. The first-order valence-corrected chi connectivity index (χ1v) is 10.5. The van der Waals surface area contributed by atoms with E-state index in [-0.39, 0.29) is 36.7 Å². The first kappa shape index (κ1) is 23.8. The lowest BCUT2D eigenvalue weighted by atomic mass is 9.65. The second kappa shape index (κ2) is 10.2. The molecule has 2 aromatic heterocycles. The smallest absolute Gasteiger partial charge is 0.290 e. The van der Waals surface area contributed by atoms with Crippen molar-refractivity contribution >= 4 is 12.4 Å². The molecule has 1 aliphatic carbocycles. The number of likely N-dealkylation sites (tertiary alicyclic amines) is 1. The van der Waals surface area contributed by atoms with E-state index >= 15 is 0 Å². The van der Waals surface area contributed by atoms with E-state index in [0.717, 1.165) is 5.69 Å². The van der Waals surface area contributed by atoms with Gasteiger partial charge in [0.15, 0.2) is 0 Å². The third-order valence-electron chi connectivity index (χ3n) is 6.63. The summed E-state index contributed by atoms with van der Waals surface area (Å²) < 4.78 is 6.51. The topological polar surface area (TPSA) is 167 Å². The molecule has 2 aromatic rings. The Morgan fingerprint density at radius 2 is 1.97 bits per heavy atom. The van der Waals surface area contributed by atoms with Crippen molar-refractivity contribution in [2.75, 3.05) is 13.1 Å². The summed E-state index contributed by atoms with van der Waals surface area (Å²) in [4.78, 5) is 23.7. The highest BCUT2D eigenvalue weighted by molar-refractivity contribution is 5.79. The van der Waals surface area contributed by atoms with Gasteiger partial charge in [-0.15, -0.1) is 0 Å². The van der Waals surface area contributed by atoms with E-state index in [2.05, 4.69) is 30.3 Å². The van der Waals surface area contributed by atoms with Gasteiger partial charge in [-0.25, -0.2) is 4.63 Å². The zero-order chi connectivity index (χ0) is 23.4. The highest BCUT2D eigenvalue weighted by atomic mass is 16.6. The lowest BCUT2D eigenvalue weighted by Crippen LogP contribution is -2.55. The van der Waals surface area contributed by atoms with Gasteiger partial charge in [0.1, 0.15) is 11.4 Å². The van der Waals surface area contributed by atoms with Crippen molar-refractivity contribution in [1.82, 2.24) is 30.3 Å². The molecule has 0 unspecified atom stereocenters. The summed E-state index contributed by atoms with van der Waals surface area (Å²) in [6.07, 6.45) is -0.00691. The molecule has 2 fully saturated rings. The van der Waals surface area contributed by atoms with E-state index in [1.54, 1.807) is 13.1 Å². The molecule has 0 aromatic carbocycles. The van der Waals surface area contributed by atoms with Gasteiger partial charge in [-0.3, -0.25) is 19.2 Å². The predicted molar refractivity (Wildman–Crippen MR) is 110 cm³/mol. The second-order valence-corrected chi connectivity index (χ2v) is 8.45. The summed E-state index contributed by atoms with van der Waals surface area (Å²) in [7, 11) is 1.90. The van der Waals surface area contributed by atoms with E-state index in [1.807, 2.05) is 24.7 Å². The fourth-order valence-electron chi connectivity index (χ4n) is 4.90. The van der Waals surface area contributed by atoms with Gasteiger partial charge in [0.05, 0.1) is 24.4 Å². The summed E-state index contributed by atoms with van der Waals surface area (Å²) in [5, 5.41) is 42.8. The van der Waals surface area contributed by atoms with Crippen LogP contribution in [-0.2, 0) is 29.7 Å². The normalized spacial score (nSPS) is 29.7. The van der Waals surface area contributed by atoms with E-state index < -0.39 is 18.1 Å². The van der Waals surface area contributed by atoms with Crippen LogP contribution in [0.5, 0.6) is 0 Å². The number of carbonyl (C=O) groups excluding carboxylic acids is 1. The number of carbonyl (C=O) groups is 2. The SMILES string of the molecule is Cc1nonc1CNC(=O)[C@H]1[C@@H](C)[C@H](O)[C@@H](O)[C@H]2CN(Cc3ccnn3C)C[C@@H]21.O=CO. The Balaban J connectivity index is 0.000000913. The van der Waals surface area contributed by atoms with Crippen LogP contribution in [0.4, 0.5) is 0 Å². The van der Waals surface area contributed by atoms with Gasteiger partial charge < -0.3 is 20.6 Å². The molecule has 2 aliphatic rings. The monoisotopic (exact) mass is 450 g/mol. The van der Waals surface area contributed by atoms with Crippen molar-refractivity contribution in [2.24, 2.45) is 30.7 Å². The molecule has 12 nitrogen and oxygen atoms in total. The van der Waals surface area contributed by atoms with Gasteiger partial charge in [-0.05, 0) is 24.8 Å². The Kier molecular flexibility index (Phi) is 7.59. The molecule has 4 N–H and O–H groups in total. The summed E-state index contributed by atoms with van der Waals surface area (Å²) in [6, 6.07) is 1.97. The number of aliphatic hydroxyl groups excluding tert-OH is 2. The number of carboxylic acid groups (broad SMARTS) is 1. The molecule has 6 atom stereocenters. The standard InChI is InChI=1S/C19H28N6O4.CH2O2/c1-10-16(19(28)20-6-15-11(2)22-29-23-15)13-8-25(7-12-4-5-21-24(12)3)9-14(13)18(27)17(10)26;2-1-3/h4-5,10,13-14,16-18,26-27H,6-9H2,1-3H3,(H,20,28);1H,(H,2,3)/t10-,13+,14+,16+,17+,18+;/m1./s1. The number of amides is 1. The predicted octanol–water partition coefficient (Wildman–Crippen LogP) is -0.836. The summed E-state index contributed by atoms with van der Waals surface area (Å²) in [6.45, 7) is 5.60. The maximum atomic E-state index is 13.1. The quantitative estimate of drug-likeness (QED) is 0.422. The van der Waals surface area contributed by atoms with Crippen LogP contribution in [-0.4, -0.2) is 78.0 Å². The third-order valence-corrected chi connectivity index (χ3v) is 6.63. The molecule has 176 valence electrons. The number of hydrogen-bond acceptors (Lipinski definition) is 9. The van der Waals surface area contributed by atoms with Crippen LogP contribution >= 0.6 is 0 Å². The summed E-state index contributed by atoms with van der Waals surface area (Å²) in [5.74, 6) is -1.06. The number of aromatic nitrogens is 4. The van der Waals surface area contributed by atoms with Crippen molar-refractivity contribution < 1.29 is 29.5 Å². The van der Waals surface area contributed by atoms with Crippen molar-refractivity contribution in [3.8, 4) is 0 Å². The minimum atomic E-state index is -0.931. The molecule has 1 amide bonds. The van der Waals surface area contributed by atoms with Gasteiger partial charge >= 0.3 is 0 Å². The molecule has 0 spiro atoms. The minimum Gasteiger partial charge on any atom is -0.483 e. The van der Waals surface area contributed by atoms with E-state index in [0.29, 0.717) is 31.0 Å². The van der Waals surface area contributed by atoms with Crippen molar-refractivity contribution in [1.29, 1.82) is 0 Å². The number of nitrogens with zero attached hydrogens (tertiary/aromatic N) is 5. The van der Waals surface area contributed by atoms with Crippen LogP contribution in [0.3, 0.4) is 0 Å². The Morgan fingerprint density at radius 1 is 1.28 bits per heavy atom. The zero-order valence-electron chi connectivity index (χ0n) is 18.3. The highest BCUT2D eigenvalue weighted by Gasteiger charge is 2.53. The number of fused-ring (bicyclic) bond motifs is 1. The van der Waals surface area contributed by atoms with E-state index in [9.17, 15) is 15.0 Å². The van der Waals surface area contributed by atoms with Crippen LogP contribution in [0.1, 0.15) is 24.0 Å². The van der Waals surface area contributed by atoms with Crippen LogP contribution in [0, 0.1) is 30.6 Å². The molecule has 4 rings (SSSR count). The average Bonchev–Trinajstić information content (AvgIpc) is 3.47. The molecule has 0 bridgehead atoms. The molecule has 0 radical (unpaired) electrons. The lowest BCUT2D eigenvalue weighted by molar-refractivity contribution is -0.146. The van der Waals surface area contributed by atoms with Gasteiger partial charge in [-0.2, -0.15) is 5.10 Å². The van der Waals surface area contributed by atoms with Gasteiger partial charge in [0.2, 0.25) is 5.91 Å². The molecule has 1 saturated carbocycles. The lowest BCUT2D eigenvalue weighted by Gasteiger charge is -2.43. The zero-order valence-corrected chi connectivity index (χ0v) is 18.3. The van der Waals surface area contributed by atoms with Crippen LogP contribution in [0.2, 0.25) is 0 Å². The Labute approximate surface area is 185 Å². The van der Waals surface area contributed by atoms with Crippen molar-refractivity contribution in [3.63, 3.8) is 0 Å². The summed E-state index contributed by atoms with van der Waals surface area (Å²) >= 11 is 0. The third kappa shape index (κ3) is 4.81. The minimum absolute atomic E-state index is 0.0341. The number of nitrogens with one attached hydrogen (secondary N) is 1. The van der Waals surface area contributed by atoms with Crippen LogP contribution in [0.25, 0.3) is 0 Å². The largest absolute Gasteiger partial charge is 0.483 e. The molecular formula is C20H30N6O6. The second-order valence-electron chi connectivity index (χ2n) is 8.45. The first-order chi connectivity index (χ1) is 15.3. The first-order valence-electron chi connectivity index (χ1n) is 10.5. The van der Waals surface area contributed by atoms with Crippen LogP contribution < -0.4 is 5.32 Å². The average molecular weight is 450 g/mol. The van der Waals surface area contributed by atoms with Gasteiger partial charge in [0, 0.05) is 44.7 Å². The fraction of sp³-hybridized carbons (Fsp3) is 0.650. The molecule has 32 heavy (non-hydrogen) atoms. The number of rotatable bonds is 5. The number of aryl methyl sites for hydroxylation is 2. The Bertz CT molecular complexity index is 916. The molecule has 3 heterocycles. The fourth-order valence-corrected chi connectivity index (χ4v) is 4.90. The molecule has 12 heteroatoms. The number of aliphatic hydroxyl groups is 2. The Hall–Kier alpha value is -2.83. The molecule has 1 aliphatic heterocycles. The Morgan fingerprint density at radius 3 is 2.56 bits per heavy atom. The maximum Gasteiger partial charge on any atom is 0.290 e. The van der Waals surface area contributed by atoms with Crippen molar-refractivity contribution in [3.05, 3.63) is 29.3 Å². The van der Waals surface area contributed by atoms with Crippen LogP contribution in [0.15, 0.2) is 16.9 Å². The maximum absolute atomic E-state index is 13.1. The highest BCUT2D eigenvalue weighted by Crippen LogP contribution is 2.44. The van der Waals surface area contributed by atoms with Gasteiger partial charge in [-0.1, -0.05) is 17.2 Å². The molecular weight excluding hydrogens is 420 g/mol.